The van der Waals surface area contributed by atoms with Crippen molar-refractivity contribution in [1.29, 1.82) is 0 Å². The van der Waals surface area contributed by atoms with Crippen LogP contribution in [0.3, 0.4) is 0 Å². The molecule has 3 aliphatic rings. The Morgan fingerprint density at radius 3 is 2.44 bits per heavy atom. The number of hydrogen-bond donors (Lipinski definition) is 0. The van der Waals surface area contributed by atoms with Crippen LogP contribution >= 0.6 is 0 Å². The fourth-order valence-corrected chi connectivity index (χ4v) is 5.59. The lowest BCUT2D eigenvalue weighted by molar-refractivity contribution is -0.255. The highest BCUT2D eigenvalue weighted by Gasteiger charge is 2.79. The van der Waals surface area contributed by atoms with Gasteiger partial charge in [-0.3, -0.25) is 4.79 Å². The molecule has 0 spiro atoms. The lowest BCUT2D eigenvalue weighted by atomic mass is 9.50. The average molecular weight is 375 g/mol. The summed E-state index contributed by atoms with van der Waals surface area (Å²) >= 11 is 0. The molecule has 2 saturated heterocycles. The first-order valence-corrected chi connectivity index (χ1v) is 9.96. The van der Waals surface area contributed by atoms with Crippen molar-refractivity contribution in [3.05, 3.63) is 35.1 Å². The summed E-state index contributed by atoms with van der Waals surface area (Å²) in [6, 6.07) is 0. The van der Waals surface area contributed by atoms with Gasteiger partial charge in [0.05, 0.1) is 24.5 Å². The van der Waals surface area contributed by atoms with Gasteiger partial charge < -0.3 is 14.2 Å². The molecule has 0 aromatic carbocycles. The molecule has 1 aliphatic carbocycles. The second-order valence-corrected chi connectivity index (χ2v) is 9.12. The highest BCUT2D eigenvalue weighted by Crippen LogP contribution is 2.72. The van der Waals surface area contributed by atoms with E-state index >= 15 is 0 Å². The Labute approximate surface area is 163 Å². The van der Waals surface area contributed by atoms with E-state index in [0.29, 0.717) is 5.76 Å². The van der Waals surface area contributed by atoms with Gasteiger partial charge in [-0.15, -0.1) is 0 Å². The molecule has 0 aromatic heterocycles. The van der Waals surface area contributed by atoms with Crippen LogP contribution in [0.4, 0.5) is 0 Å². The minimum atomic E-state index is -0.944. The first kappa shape index (κ1) is 20.3. The summed E-state index contributed by atoms with van der Waals surface area (Å²) < 4.78 is 18.4. The van der Waals surface area contributed by atoms with Crippen molar-refractivity contribution >= 4 is 5.78 Å². The quantitative estimate of drug-likeness (QED) is 0.591. The summed E-state index contributed by atoms with van der Waals surface area (Å²) in [5.74, 6) is -0.468. The van der Waals surface area contributed by atoms with Crippen molar-refractivity contribution in [3.63, 3.8) is 0 Å². The first-order valence-electron chi connectivity index (χ1n) is 9.96. The van der Waals surface area contributed by atoms with Gasteiger partial charge in [0, 0.05) is 18.6 Å². The Balaban J connectivity index is 2.08. The summed E-state index contributed by atoms with van der Waals surface area (Å²) in [6.45, 7) is 10.6. The van der Waals surface area contributed by atoms with Crippen molar-refractivity contribution in [2.24, 2.45) is 16.7 Å². The van der Waals surface area contributed by atoms with E-state index in [4.69, 9.17) is 14.2 Å². The predicted octanol–water partition coefficient (Wildman–Crippen LogP) is 4.96. The van der Waals surface area contributed by atoms with Crippen LogP contribution < -0.4 is 0 Å². The second-order valence-electron chi connectivity index (χ2n) is 9.12. The highest BCUT2D eigenvalue weighted by atomic mass is 16.7. The number of methoxy groups -OCH3 is 2. The molecule has 0 amide bonds. The lowest BCUT2D eigenvalue weighted by Crippen LogP contribution is -2.62. The fourth-order valence-electron chi connectivity index (χ4n) is 5.59. The van der Waals surface area contributed by atoms with E-state index in [1.807, 2.05) is 0 Å². The van der Waals surface area contributed by atoms with Crippen LogP contribution in [0.25, 0.3) is 0 Å². The van der Waals surface area contributed by atoms with E-state index in [1.54, 1.807) is 20.3 Å². The minimum absolute atomic E-state index is 0.0126. The molecule has 2 heterocycles. The van der Waals surface area contributed by atoms with Crippen LogP contribution in [0, 0.1) is 16.7 Å². The number of allylic oxidation sites excluding steroid dienone is 5. The lowest BCUT2D eigenvalue weighted by Gasteiger charge is -2.53. The SMILES string of the molecule is COC1=CC(=O)[C@H]2[C@]3(OC)OC(C[C@]13CC=C(C)C)[C@@]2(C)CCC=C(C)C. The molecule has 5 atom stereocenters. The van der Waals surface area contributed by atoms with Crippen LogP contribution in [0.5, 0.6) is 0 Å². The van der Waals surface area contributed by atoms with Gasteiger partial charge in [0.2, 0.25) is 0 Å². The zero-order chi connectivity index (χ0) is 20.0. The van der Waals surface area contributed by atoms with Crippen molar-refractivity contribution in [2.45, 2.75) is 72.2 Å². The molecule has 150 valence electrons. The monoisotopic (exact) mass is 374 g/mol. The van der Waals surface area contributed by atoms with Gasteiger partial charge in [0.25, 0.3) is 0 Å². The van der Waals surface area contributed by atoms with E-state index < -0.39 is 11.2 Å². The molecule has 2 bridgehead atoms. The largest absolute Gasteiger partial charge is 0.500 e. The number of carbonyl (C=O) groups is 1. The van der Waals surface area contributed by atoms with E-state index in [1.165, 1.54) is 11.1 Å². The van der Waals surface area contributed by atoms with E-state index in [2.05, 4.69) is 46.8 Å². The Hall–Kier alpha value is -1.39. The molecular formula is C23H34O4. The maximum absolute atomic E-state index is 13.2. The van der Waals surface area contributed by atoms with E-state index in [0.717, 1.165) is 25.7 Å². The number of ether oxygens (including phenoxy) is 3. The summed E-state index contributed by atoms with van der Waals surface area (Å²) in [5.41, 5.74) is 1.88. The van der Waals surface area contributed by atoms with Crippen LogP contribution in [0.1, 0.15) is 60.3 Å². The summed E-state index contributed by atoms with van der Waals surface area (Å²) in [6.07, 6.45) is 9.60. The molecule has 1 unspecified atom stereocenters. The number of fused-ring (bicyclic) bond motifs is 1. The smallest absolute Gasteiger partial charge is 0.192 e. The molecule has 0 aromatic rings. The van der Waals surface area contributed by atoms with Crippen LogP contribution in [0.2, 0.25) is 0 Å². The number of rotatable bonds is 7. The molecule has 27 heavy (non-hydrogen) atoms. The van der Waals surface area contributed by atoms with E-state index in [9.17, 15) is 4.79 Å². The predicted molar refractivity (Wildman–Crippen MR) is 106 cm³/mol. The molecule has 0 radical (unpaired) electrons. The molecule has 3 rings (SSSR count). The number of ketones is 1. The Morgan fingerprint density at radius 2 is 1.89 bits per heavy atom. The Morgan fingerprint density at radius 1 is 1.22 bits per heavy atom. The minimum Gasteiger partial charge on any atom is -0.500 e. The third-order valence-corrected chi connectivity index (χ3v) is 6.94. The van der Waals surface area contributed by atoms with Crippen LogP contribution in [-0.4, -0.2) is 31.9 Å². The van der Waals surface area contributed by atoms with Gasteiger partial charge in [-0.25, -0.2) is 0 Å². The Kier molecular flexibility index (Phi) is 5.19. The van der Waals surface area contributed by atoms with E-state index in [-0.39, 0.29) is 23.2 Å². The zero-order valence-electron chi connectivity index (χ0n) is 17.8. The second kappa shape index (κ2) is 6.89. The van der Waals surface area contributed by atoms with Crippen molar-refractivity contribution in [2.75, 3.05) is 14.2 Å². The molecule has 4 heteroatoms. The summed E-state index contributed by atoms with van der Waals surface area (Å²) in [5, 5.41) is 0. The first-order chi connectivity index (χ1) is 12.7. The van der Waals surface area contributed by atoms with Gasteiger partial charge in [-0.2, -0.15) is 0 Å². The van der Waals surface area contributed by atoms with Gasteiger partial charge in [-0.05, 0) is 53.4 Å². The molecule has 4 nitrogen and oxygen atoms in total. The summed E-state index contributed by atoms with van der Waals surface area (Å²) in [7, 11) is 3.33. The molecule has 0 saturated carbocycles. The van der Waals surface area contributed by atoms with Gasteiger partial charge in [0.1, 0.15) is 5.76 Å². The topological polar surface area (TPSA) is 44.8 Å². The van der Waals surface area contributed by atoms with Crippen molar-refractivity contribution in [3.8, 4) is 0 Å². The van der Waals surface area contributed by atoms with Crippen molar-refractivity contribution in [1.82, 2.24) is 0 Å². The third-order valence-electron chi connectivity index (χ3n) is 6.94. The summed E-state index contributed by atoms with van der Waals surface area (Å²) in [4.78, 5) is 13.2. The average Bonchev–Trinajstić information content (AvgIpc) is 3.07. The van der Waals surface area contributed by atoms with Crippen molar-refractivity contribution < 1.29 is 19.0 Å². The third kappa shape index (κ3) is 2.75. The molecule has 2 fully saturated rings. The van der Waals surface area contributed by atoms with Crippen LogP contribution in [0.15, 0.2) is 35.1 Å². The molecule has 0 N–H and O–H groups in total. The maximum Gasteiger partial charge on any atom is 0.192 e. The maximum atomic E-state index is 13.2. The molecule has 2 aliphatic heterocycles. The van der Waals surface area contributed by atoms with Gasteiger partial charge >= 0.3 is 0 Å². The standard InChI is InChI=1S/C23H34O4/c1-15(2)9-8-11-21(5)19-14-22(12-10-16(3)4)18(25-6)13-17(24)20(21)23(22,26-7)27-19/h9-10,13,19-20H,8,11-12,14H2,1-7H3/t19?,20-,21-,22-,23+/m1/s1. The fraction of sp³-hybridized carbons (Fsp3) is 0.696. The zero-order valence-corrected chi connectivity index (χ0v) is 17.8. The van der Waals surface area contributed by atoms with Gasteiger partial charge in [0.15, 0.2) is 11.6 Å². The molecular weight excluding hydrogens is 340 g/mol. The number of hydrogen-bond acceptors (Lipinski definition) is 4. The van der Waals surface area contributed by atoms with Crippen LogP contribution in [-0.2, 0) is 19.0 Å². The Bertz CT molecular complexity index is 710. The normalized spacial score (nSPS) is 39.2. The van der Waals surface area contributed by atoms with Gasteiger partial charge in [-0.1, -0.05) is 30.2 Å². The number of carbonyl (C=O) groups excluding carboxylic acids is 1. The highest BCUT2D eigenvalue weighted by molar-refractivity contribution is 5.96.